The minimum absolute atomic E-state index is 0.154. The fraction of sp³-hybridized carbons (Fsp3) is 0.750. The lowest BCUT2D eigenvalue weighted by Gasteiger charge is -2.35. The molecule has 0 saturated carbocycles. The molecule has 0 unspecified atom stereocenters. The van der Waals surface area contributed by atoms with Crippen molar-refractivity contribution in [3.05, 3.63) is 35.8 Å². The molecule has 0 N–H and O–H groups in total. The molecule has 0 aliphatic heterocycles. The lowest BCUT2D eigenvalue weighted by molar-refractivity contribution is 0.00911. The van der Waals surface area contributed by atoms with Crippen molar-refractivity contribution in [2.75, 3.05) is 13.2 Å². The molecule has 3 aliphatic rings. The van der Waals surface area contributed by atoms with Crippen molar-refractivity contribution in [1.29, 1.82) is 0 Å². The van der Waals surface area contributed by atoms with Crippen LogP contribution in [-0.2, 0) is 9.47 Å². The molecule has 0 saturated heterocycles. The molecule has 2 nitrogen and oxygen atoms in total. The van der Waals surface area contributed by atoms with E-state index in [9.17, 15) is 0 Å². The number of hydrogen-bond acceptors (Lipinski definition) is 2. The van der Waals surface area contributed by atoms with Crippen molar-refractivity contribution < 1.29 is 9.47 Å². The van der Waals surface area contributed by atoms with Gasteiger partial charge in [0.15, 0.2) is 0 Å². The highest BCUT2D eigenvalue weighted by Gasteiger charge is 2.33. The smallest absolute Gasteiger partial charge is 0.0969 e. The average Bonchev–Trinajstić information content (AvgIpc) is 2.61. The van der Waals surface area contributed by atoms with E-state index in [1.54, 1.807) is 0 Å². The van der Waals surface area contributed by atoms with Crippen LogP contribution in [0.5, 0.6) is 0 Å². The van der Waals surface area contributed by atoms with E-state index in [2.05, 4.69) is 24.3 Å². The summed E-state index contributed by atoms with van der Waals surface area (Å²) in [5.74, 6) is 2.48. The van der Waals surface area contributed by atoms with Crippen molar-refractivity contribution >= 4 is 0 Å². The van der Waals surface area contributed by atoms with E-state index < -0.39 is 0 Å². The second kappa shape index (κ2) is 10.8. The van der Waals surface area contributed by atoms with Gasteiger partial charge in [0.25, 0.3) is 0 Å². The Bertz CT molecular complexity index is 466. The predicted octanol–water partition coefficient (Wildman–Crippen LogP) is 7.22. The van der Waals surface area contributed by atoms with Crippen molar-refractivity contribution in [2.45, 2.75) is 96.3 Å². The van der Waals surface area contributed by atoms with Gasteiger partial charge in [0, 0.05) is 18.3 Å². The summed E-state index contributed by atoms with van der Waals surface area (Å²) in [6.07, 6.45) is 28.1. The zero-order valence-corrected chi connectivity index (χ0v) is 16.6. The van der Waals surface area contributed by atoms with Gasteiger partial charge < -0.3 is 9.47 Å². The molecule has 0 bridgehead atoms. The molecule has 0 aromatic carbocycles. The summed E-state index contributed by atoms with van der Waals surface area (Å²) in [6.45, 7) is 1.63. The van der Waals surface area contributed by atoms with E-state index in [-0.39, 0.29) is 5.41 Å². The van der Waals surface area contributed by atoms with Gasteiger partial charge in [-0.3, -0.25) is 0 Å². The topological polar surface area (TPSA) is 18.5 Å². The minimum atomic E-state index is 0.154. The first-order valence-electron chi connectivity index (χ1n) is 11.2. The maximum Gasteiger partial charge on any atom is 0.0969 e. The summed E-state index contributed by atoms with van der Waals surface area (Å²) >= 11 is 0. The molecule has 26 heavy (non-hydrogen) atoms. The van der Waals surface area contributed by atoms with Crippen LogP contribution >= 0.6 is 0 Å². The summed E-state index contributed by atoms with van der Waals surface area (Å²) in [6, 6.07) is 0. The van der Waals surface area contributed by atoms with E-state index in [1.807, 2.05) is 0 Å². The van der Waals surface area contributed by atoms with Gasteiger partial charge in [0.05, 0.1) is 24.7 Å². The van der Waals surface area contributed by atoms with Gasteiger partial charge in [-0.15, -0.1) is 0 Å². The van der Waals surface area contributed by atoms with Crippen LogP contribution in [0.2, 0.25) is 0 Å². The van der Waals surface area contributed by atoms with E-state index in [1.165, 1.54) is 82.1 Å². The molecule has 3 rings (SSSR count). The van der Waals surface area contributed by atoms with Crippen molar-refractivity contribution in [3.63, 3.8) is 0 Å². The summed E-state index contributed by atoms with van der Waals surface area (Å²) < 4.78 is 12.7. The first-order chi connectivity index (χ1) is 12.9. The normalized spacial score (nSPS) is 28.3. The van der Waals surface area contributed by atoms with E-state index in [0.29, 0.717) is 0 Å². The Morgan fingerprint density at radius 1 is 0.654 bits per heavy atom. The first-order valence-corrected chi connectivity index (χ1v) is 11.2. The standard InChI is InChI=1S/C24H38O2/c1-3-8-14-22(15-9-4-1)25-20-24(18-12-7-13-19-24)21-26-23-16-10-5-2-6-11-17-23/h7,12,14,16H,1-6,8-11,13,15,17-21H2/b22-14+,23-16+. The Morgan fingerprint density at radius 3 is 1.77 bits per heavy atom. The first kappa shape index (κ1) is 19.6. The van der Waals surface area contributed by atoms with Gasteiger partial charge in [-0.05, 0) is 69.9 Å². The van der Waals surface area contributed by atoms with Crippen LogP contribution in [-0.4, -0.2) is 13.2 Å². The van der Waals surface area contributed by atoms with Gasteiger partial charge >= 0.3 is 0 Å². The summed E-state index contributed by atoms with van der Waals surface area (Å²) in [4.78, 5) is 0. The summed E-state index contributed by atoms with van der Waals surface area (Å²) in [7, 11) is 0. The molecule has 146 valence electrons. The van der Waals surface area contributed by atoms with Crippen molar-refractivity contribution in [3.8, 4) is 0 Å². The summed E-state index contributed by atoms with van der Waals surface area (Å²) in [5.41, 5.74) is 0.154. The Kier molecular flexibility index (Phi) is 8.17. The lowest BCUT2D eigenvalue weighted by atomic mass is 9.78. The van der Waals surface area contributed by atoms with Crippen LogP contribution < -0.4 is 0 Å². The number of ether oxygens (including phenoxy) is 2. The SMILES string of the molecule is C1=CCC(CO/C2=C/CCCCCC2)(CO/C2=C/CCCCCC2)CC1. The molecule has 0 radical (unpaired) electrons. The second-order valence-electron chi connectivity index (χ2n) is 8.54. The fourth-order valence-electron chi connectivity index (χ4n) is 4.32. The number of allylic oxidation sites excluding steroid dienone is 6. The van der Waals surface area contributed by atoms with Crippen molar-refractivity contribution in [2.24, 2.45) is 5.41 Å². The Hall–Kier alpha value is -1.18. The van der Waals surface area contributed by atoms with Crippen LogP contribution in [0.25, 0.3) is 0 Å². The molecule has 0 amide bonds. The largest absolute Gasteiger partial charge is 0.498 e. The Morgan fingerprint density at radius 2 is 1.23 bits per heavy atom. The van der Waals surface area contributed by atoms with E-state index in [4.69, 9.17) is 9.47 Å². The molecule has 0 heterocycles. The average molecular weight is 359 g/mol. The number of rotatable bonds is 6. The molecule has 0 aromatic heterocycles. The molecule has 0 spiro atoms. The Labute approximate surface area is 160 Å². The van der Waals surface area contributed by atoms with Crippen molar-refractivity contribution in [1.82, 2.24) is 0 Å². The van der Waals surface area contributed by atoms with Gasteiger partial charge in [0.2, 0.25) is 0 Å². The highest BCUT2D eigenvalue weighted by molar-refractivity contribution is 5.02. The summed E-state index contributed by atoms with van der Waals surface area (Å²) in [5, 5.41) is 0. The van der Waals surface area contributed by atoms with Crippen LogP contribution in [0, 0.1) is 5.41 Å². The molecule has 0 aromatic rings. The molecule has 3 aliphatic carbocycles. The van der Waals surface area contributed by atoms with Gasteiger partial charge in [-0.1, -0.05) is 37.8 Å². The van der Waals surface area contributed by atoms with E-state index >= 15 is 0 Å². The number of hydrogen-bond donors (Lipinski definition) is 0. The highest BCUT2D eigenvalue weighted by atomic mass is 16.5. The fourth-order valence-corrected chi connectivity index (χ4v) is 4.32. The molecule has 0 atom stereocenters. The monoisotopic (exact) mass is 358 g/mol. The maximum atomic E-state index is 6.37. The molecule has 0 fully saturated rings. The lowest BCUT2D eigenvalue weighted by Crippen LogP contribution is -2.33. The third-order valence-corrected chi connectivity index (χ3v) is 6.18. The predicted molar refractivity (Wildman–Crippen MR) is 109 cm³/mol. The minimum Gasteiger partial charge on any atom is -0.498 e. The molecular formula is C24H38O2. The van der Waals surface area contributed by atoms with Gasteiger partial charge in [-0.25, -0.2) is 0 Å². The van der Waals surface area contributed by atoms with Gasteiger partial charge in [0.1, 0.15) is 0 Å². The molecular weight excluding hydrogens is 320 g/mol. The third-order valence-electron chi connectivity index (χ3n) is 6.18. The van der Waals surface area contributed by atoms with Crippen LogP contribution in [0.1, 0.15) is 96.3 Å². The third kappa shape index (κ3) is 6.52. The van der Waals surface area contributed by atoms with Crippen LogP contribution in [0.4, 0.5) is 0 Å². The zero-order chi connectivity index (χ0) is 17.9. The molecule has 2 heteroatoms. The zero-order valence-electron chi connectivity index (χ0n) is 16.6. The van der Waals surface area contributed by atoms with E-state index in [0.717, 1.165) is 38.9 Å². The Balaban J connectivity index is 1.56. The highest BCUT2D eigenvalue weighted by Crippen LogP contribution is 2.36. The maximum absolute atomic E-state index is 6.37. The van der Waals surface area contributed by atoms with Crippen LogP contribution in [0.15, 0.2) is 35.8 Å². The quantitative estimate of drug-likeness (QED) is 0.466. The second-order valence-corrected chi connectivity index (χ2v) is 8.54. The van der Waals surface area contributed by atoms with Gasteiger partial charge in [-0.2, -0.15) is 0 Å². The van der Waals surface area contributed by atoms with Crippen LogP contribution in [0.3, 0.4) is 0 Å².